The van der Waals surface area contributed by atoms with Crippen LogP contribution in [0.3, 0.4) is 0 Å². The van der Waals surface area contributed by atoms with Gasteiger partial charge in [0.1, 0.15) is 11.5 Å². The topological polar surface area (TPSA) is 85.7 Å². The van der Waals surface area contributed by atoms with Crippen LogP contribution >= 0.6 is 0 Å². The predicted molar refractivity (Wildman–Crippen MR) is 99.8 cm³/mol. The second kappa shape index (κ2) is 6.05. The first-order valence-electron chi connectivity index (χ1n) is 8.81. The quantitative estimate of drug-likeness (QED) is 0.564. The summed E-state index contributed by atoms with van der Waals surface area (Å²) < 4.78 is 6.52. The van der Waals surface area contributed by atoms with E-state index in [9.17, 15) is 4.79 Å². The maximum absolute atomic E-state index is 11.7. The van der Waals surface area contributed by atoms with E-state index in [0.717, 1.165) is 16.6 Å². The number of aromatic nitrogens is 5. The van der Waals surface area contributed by atoms with Crippen molar-refractivity contribution < 1.29 is 9.53 Å². The average molecular weight is 359 g/mol. The summed E-state index contributed by atoms with van der Waals surface area (Å²) >= 11 is 0. The average Bonchev–Trinajstić information content (AvgIpc) is 3.28. The van der Waals surface area contributed by atoms with E-state index in [1.165, 1.54) is 25.5 Å². The van der Waals surface area contributed by atoms with Crippen molar-refractivity contribution in [2.24, 2.45) is 0 Å². The first-order chi connectivity index (χ1) is 13.2. The van der Waals surface area contributed by atoms with Crippen LogP contribution in [0.5, 0.6) is 0 Å². The van der Waals surface area contributed by atoms with Crippen LogP contribution < -0.4 is 0 Å². The summed E-state index contributed by atoms with van der Waals surface area (Å²) in [5, 5.41) is 8.52. The Morgan fingerprint density at radius 2 is 2.15 bits per heavy atom. The van der Waals surface area contributed by atoms with Gasteiger partial charge < -0.3 is 9.30 Å². The van der Waals surface area contributed by atoms with E-state index in [1.807, 2.05) is 0 Å². The number of esters is 1. The molecule has 0 atom stereocenters. The van der Waals surface area contributed by atoms with Crippen LogP contribution in [0.2, 0.25) is 0 Å². The van der Waals surface area contributed by atoms with Crippen molar-refractivity contribution in [1.29, 1.82) is 0 Å². The van der Waals surface area contributed by atoms with Crippen molar-refractivity contribution in [2.45, 2.75) is 18.8 Å². The Hall–Kier alpha value is -3.48. The number of methoxy groups -OCH3 is 1. The van der Waals surface area contributed by atoms with E-state index in [0.29, 0.717) is 23.1 Å². The van der Waals surface area contributed by atoms with Crippen LogP contribution in [-0.4, -0.2) is 37.8 Å². The highest BCUT2D eigenvalue weighted by Crippen LogP contribution is 2.41. The van der Waals surface area contributed by atoms with E-state index in [4.69, 9.17) is 4.74 Å². The van der Waals surface area contributed by atoms with Gasteiger partial charge in [0.25, 0.3) is 0 Å². The van der Waals surface area contributed by atoms with Crippen LogP contribution in [0.15, 0.2) is 48.9 Å². The lowest BCUT2D eigenvalue weighted by Gasteiger charge is -2.04. The van der Waals surface area contributed by atoms with Gasteiger partial charge in [0, 0.05) is 24.0 Å². The normalized spacial score (nSPS) is 13.8. The number of H-pyrrole nitrogens is 1. The lowest BCUT2D eigenvalue weighted by atomic mass is 10.1. The number of aromatic amines is 1. The van der Waals surface area contributed by atoms with Gasteiger partial charge in [0.05, 0.1) is 18.2 Å². The maximum atomic E-state index is 11.7. The van der Waals surface area contributed by atoms with Gasteiger partial charge in [-0.2, -0.15) is 5.10 Å². The molecule has 0 radical (unpaired) electrons. The van der Waals surface area contributed by atoms with Gasteiger partial charge in [0.2, 0.25) is 0 Å². The SMILES string of the molecule is COC(=O)c1ccn(-c2ccnc(-c3n[nH]c4ccc(C5CC5)cc34)n2)c1. The number of hydrogen-bond acceptors (Lipinski definition) is 5. The van der Waals surface area contributed by atoms with Gasteiger partial charge in [-0.25, -0.2) is 14.8 Å². The monoisotopic (exact) mass is 359 g/mol. The fraction of sp³-hybridized carbons (Fsp3) is 0.200. The molecule has 5 rings (SSSR count). The summed E-state index contributed by atoms with van der Waals surface area (Å²) in [6.07, 6.45) is 7.65. The molecule has 1 aromatic carbocycles. The molecule has 134 valence electrons. The van der Waals surface area contributed by atoms with Crippen molar-refractivity contribution in [1.82, 2.24) is 24.7 Å². The van der Waals surface area contributed by atoms with Gasteiger partial charge >= 0.3 is 5.97 Å². The maximum Gasteiger partial charge on any atom is 0.339 e. The summed E-state index contributed by atoms with van der Waals surface area (Å²) in [5.41, 5.74) is 3.51. The van der Waals surface area contributed by atoms with Gasteiger partial charge in [0.15, 0.2) is 5.82 Å². The molecule has 1 saturated carbocycles. The van der Waals surface area contributed by atoms with E-state index in [1.54, 1.807) is 35.3 Å². The van der Waals surface area contributed by atoms with Crippen LogP contribution in [0.25, 0.3) is 28.2 Å². The molecule has 3 heterocycles. The summed E-state index contributed by atoms with van der Waals surface area (Å²) in [4.78, 5) is 20.7. The van der Waals surface area contributed by atoms with Crippen LogP contribution in [0.4, 0.5) is 0 Å². The number of fused-ring (bicyclic) bond motifs is 1. The minimum atomic E-state index is -0.381. The third-order valence-electron chi connectivity index (χ3n) is 4.87. The van der Waals surface area contributed by atoms with Crippen LogP contribution in [-0.2, 0) is 4.74 Å². The van der Waals surface area contributed by atoms with Gasteiger partial charge in [-0.05, 0) is 48.6 Å². The van der Waals surface area contributed by atoms with Crippen LogP contribution in [0.1, 0.15) is 34.7 Å². The Morgan fingerprint density at radius 1 is 1.26 bits per heavy atom. The number of nitrogens with zero attached hydrogens (tertiary/aromatic N) is 4. The molecule has 1 aliphatic rings. The minimum Gasteiger partial charge on any atom is -0.465 e. The van der Waals surface area contributed by atoms with Crippen molar-refractivity contribution >= 4 is 16.9 Å². The number of hydrogen-bond donors (Lipinski definition) is 1. The summed E-state index contributed by atoms with van der Waals surface area (Å²) in [7, 11) is 1.36. The lowest BCUT2D eigenvalue weighted by Crippen LogP contribution is -2.01. The highest BCUT2D eigenvalue weighted by atomic mass is 16.5. The summed E-state index contributed by atoms with van der Waals surface area (Å²) in [6.45, 7) is 0. The van der Waals surface area contributed by atoms with Crippen molar-refractivity contribution in [2.75, 3.05) is 7.11 Å². The Morgan fingerprint density at radius 3 is 2.96 bits per heavy atom. The molecule has 27 heavy (non-hydrogen) atoms. The number of carbonyl (C=O) groups excluding carboxylic acids is 1. The van der Waals surface area contributed by atoms with E-state index >= 15 is 0 Å². The molecular weight excluding hydrogens is 342 g/mol. The van der Waals surface area contributed by atoms with Crippen LogP contribution in [0, 0.1) is 0 Å². The third kappa shape index (κ3) is 2.77. The first-order valence-corrected chi connectivity index (χ1v) is 8.81. The van der Waals surface area contributed by atoms with Crippen molar-refractivity contribution in [3.63, 3.8) is 0 Å². The molecule has 1 aliphatic carbocycles. The van der Waals surface area contributed by atoms with Crippen molar-refractivity contribution in [3.05, 3.63) is 60.0 Å². The summed E-state index contributed by atoms with van der Waals surface area (Å²) in [5.74, 6) is 1.49. The first kappa shape index (κ1) is 15.7. The second-order valence-electron chi connectivity index (χ2n) is 6.69. The smallest absolute Gasteiger partial charge is 0.339 e. The number of rotatable bonds is 4. The number of carbonyl (C=O) groups is 1. The van der Waals surface area contributed by atoms with E-state index < -0.39 is 0 Å². The largest absolute Gasteiger partial charge is 0.465 e. The molecule has 0 amide bonds. The Labute approximate surface area is 155 Å². The van der Waals surface area contributed by atoms with E-state index in [2.05, 4.69) is 38.4 Å². The molecule has 3 aromatic heterocycles. The molecule has 0 saturated heterocycles. The third-order valence-corrected chi connectivity index (χ3v) is 4.87. The minimum absolute atomic E-state index is 0.381. The van der Waals surface area contributed by atoms with Gasteiger partial charge in [-0.3, -0.25) is 5.10 Å². The zero-order valence-corrected chi connectivity index (χ0v) is 14.7. The molecular formula is C20H17N5O2. The van der Waals surface area contributed by atoms with Gasteiger partial charge in [-0.1, -0.05) is 6.07 Å². The molecule has 0 bridgehead atoms. The number of nitrogens with one attached hydrogen (secondary N) is 1. The molecule has 0 spiro atoms. The summed E-state index contributed by atoms with van der Waals surface area (Å²) in [6, 6.07) is 9.90. The number of benzene rings is 1. The van der Waals surface area contributed by atoms with E-state index in [-0.39, 0.29) is 5.97 Å². The second-order valence-corrected chi connectivity index (χ2v) is 6.69. The molecule has 1 fully saturated rings. The molecule has 7 nitrogen and oxygen atoms in total. The standard InChI is InChI=1S/C20H17N5O2/c1-27-20(26)14-7-9-25(11-14)17-6-8-21-19(22-17)18-15-10-13(12-2-3-12)4-5-16(15)23-24-18/h4-12H,2-3H2,1H3,(H,23,24). The molecule has 7 heteroatoms. The number of ether oxygens (including phenoxy) is 1. The molecule has 4 aromatic rings. The predicted octanol–water partition coefficient (Wildman–Crippen LogP) is 3.47. The Balaban J connectivity index is 1.55. The van der Waals surface area contributed by atoms with Crippen molar-refractivity contribution in [3.8, 4) is 17.3 Å². The fourth-order valence-corrected chi connectivity index (χ4v) is 3.26. The zero-order chi connectivity index (χ0) is 18.4. The highest BCUT2D eigenvalue weighted by molar-refractivity contribution is 5.92. The zero-order valence-electron chi connectivity index (χ0n) is 14.7. The van der Waals surface area contributed by atoms with Gasteiger partial charge in [-0.15, -0.1) is 0 Å². The molecule has 0 unspecified atom stereocenters. The highest BCUT2D eigenvalue weighted by Gasteiger charge is 2.24. The Bertz CT molecular complexity index is 1160. The Kier molecular flexibility index (Phi) is 3.53. The fourth-order valence-electron chi connectivity index (χ4n) is 3.26. The molecule has 1 N–H and O–H groups in total. The lowest BCUT2D eigenvalue weighted by molar-refractivity contribution is 0.0601. The molecule has 0 aliphatic heterocycles.